The average Bonchev–Trinajstić information content (AvgIpc) is 2.60. The van der Waals surface area contributed by atoms with Crippen molar-refractivity contribution in [2.75, 3.05) is 0 Å². The lowest BCUT2D eigenvalue weighted by atomic mass is 10.2. The highest BCUT2D eigenvalue weighted by Crippen LogP contribution is 2.33. The molecule has 3 aromatic rings. The standard InChI is InChI=1S/C10H4Cl2N2O/c11-6-3-1-2-5-7-9(15-8(5)6)10(12)14-4-13-7/h1-4H. The minimum Gasteiger partial charge on any atom is -0.450 e. The van der Waals surface area contributed by atoms with E-state index in [4.69, 9.17) is 27.6 Å². The molecule has 5 heteroatoms. The summed E-state index contributed by atoms with van der Waals surface area (Å²) in [6, 6.07) is 5.49. The lowest BCUT2D eigenvalue weighted by molar-refractivity contribution is 0.666. The number of nitrogens with zero attached hydrogens (tertiary/aromatic N) is 2. The van der Waals surface area contributed by atoms with Crippen molar-refractivity contribution < 1.29 is 4.42 Å². The molecule has 0 radical (unpaired) electrons. The van der Waals surface area contributed by atoms with Crippen LogP contribution in [0, 0.1) is 0 Å². The highest BCUT2D eigenvalue weighted by atomic mass is 35.5. The van der Waals surface area contributed by atoms with Crippen LogP contribution in [0.15, 0.2) is 28.9 Å². The Morgan fingerprint density at radius 3 is 2.80 bits per heavy atom. The predicted octanol–water partition coefficient (Wildman–Crippen LogP) is 3.68. The maximum absolute atomic E-state index is 6.00. The van der Waals surface area contributed by atoms with Crippen molar-refractivity contribution in [1.82, 2.24) is 9.97 Å². The van der Waals surface area contributed by atoms with Gasteiger partial charge in [-0.15, -0.1) is 0 Å². The molecule has 1 aromatic carbocycles. The third kappa shape index (κ3) is 1.20. The van der Waals surface area contributed by atoms with E-state index in [2.05, 4.69) is 9.97 Å². The quantitative estimate of drug-likeness (QED) is 0.561. The van der Waals surface area contributed by atoms with Crippen LogP contribution in [0.3, 0.4) is 0 Å². The van der Waals surface area contributed by atoms with Crippen LogP contribution >= 0.6 is 23.2 Å². The number of benzene rings is 1. The van der Waals surface area contributed by atoms with E-state index in [9.17, 15) is 0 Å². The third-order valence-electron chi connectivity index (χ3n) is 2.19. The Morgan fingerprint density at radius 1 is 1.07 bits per heavy atom. The number of para-hydroxylation sites is 1. The predicted molar refractivity (Wildman–Crippen MR) is 59.3 cm³/mol. The van der Waals surface area contributed by atoms with Gasteiger partial charge in [0, 0.05) is 5.39 Å². The van der Waals surface area contributed by atoms with Crippen LogP contribution in [-0.2, 0) is 0 Å². The Morgan fingerprint density at radius 2 is 1.93 bits per heavy atom. The van der Waals surface area contributed by atoms with E-state index < -0.39 is 0 Å². The SMILES string of the molecule is Clc1cccc2c1oc1c(Cl)ncnc12. The summed E-state index contributed by atoms with van der Waals surface area (Å²) in [6.07, 6.45) is 1.40. The molecule has 0 aliphatic heterocycles. The third-order valence-corrected chi connectivity index (χ3v) is 2.75. The fraction of sp³-hybridized carbons (Fsp3) is 0. The fourth-order valence-electron chi connectivity index (χ4n) is 1.54. The van der Waals surface area contributed by atoms with Gasteiger partial charge in [0.25, 0.3) is 0 Å². The molecule has 0 amide bonds. The van der Waals surface area contributed by atoms with Crippen molar-refractivity contribution in [2.24, 2.45) is 0 Å². The number of aromatic nitrogens is 2. The minimum atomic E-state index is 0.298. The van der Waals surface area contributed by atoms with Crippen LogP contribution in [0.25, 0.3) is 22.1 Å². The van der Waals surface area contributed by atoms with E-state index in [0.717, 1.165) is 5.39 Å². The summed E-state index contributed by atoms with van der Waals surface area (Å²) in [6.45, 7) is 0. The van der Waals surface area contributed by atoms with E-state index in [1.54, 1.807) is 6.07 Å². The highest BCUT2D eigenvalue weighted by Gasteiger charge is 2.13. The summed E-state index contributed by atoms with van der Waals surface area (Å²) in [5.74, 6) is 0. The van der Waals surface area contributed by atoms with Crippen molar-refractivity contribution >= 4 is 45.3 Å². The molecular weight excluding hydrogens is 235 g/mol. The van der Waals surface area contributed by atoms with Gasteiger partial charge in [-0.3, -0.25) is 0 Å². The van der Waals surface area contributed by atoms with E-state index in [-0.39, 0.29) is 0 Å². The number of halogens is 2. The Kier molecular flexibility index (Phi) is 1.84. The normalized spacial score (nSPS) is 11.3. The smallest absolute Gasteiger partial charge is 0.191 e. The van der Waals surface area contributed by atoms with Gasteiger partial charge in [0.1, 0.15) is 11.8 Å². The zero-order chi connectivity index (χ0) is 10.4. The Labute approximate surface area is 94.6 Å². The van der Waals surface area contributed by atoms with Crippen molar-refractivity contribution in [3.8, 4) is 0 Å². The molecule has 3 rings (SSSR count). The number of hydrogen-bond acceptors (Lipinski definition) is 3. The lowest BCUT2D eigenvalue weighted by Crippen LogP contribution is -1.78. The maximum Gasteiger partial charge on any atom is 0.191 e. The average molecular weight is 239 g/mol. The fourth-order valence-corrected chi connectivity index (χ4v) is 1.92. The topological polar surface area (TPSA) is 38.9 Å². The molecule has 0 atom stereocenters. The van der Waals surface area contributed by atoms with Crippen molar-refractivity contribution in [3.05, 3.63) is 34.7 Å². The minimum absolute atomic E-state index is 0.298. The molecule has 0 spiro atoms. The number of rotatable bonds is 0. The van der Waals surface area contributed by atoms with E-state index in [1.807, 2.05) is 12.1 Å². The van der Waals surface area contributed by atoms with Gasteiger partial charge in [-0.1, -0.05) is 29.3 Å². The zero-order valence-electron chi connectivity index (χ0n) is 7.37. The summed E-state index contributed by atoms with van der Waals surface area (Å²) in [4.78, 5) is 7.97. The number of fused-ring (bicyclic) bond motifs is 3. The number of furan rings is 1. The van der Waals surface area contributed by atoms with Crippen LogP contribution in [0.1, 0.15) is 0 Å². The Balaban J connectivity index is 2.63. The molecule has 0 saturated carbocycles. The summed E-state index contributed by atoms with van der Waals surface area (Å²) < 4.78 is 5.53. The van der Waals surface area contributed by atoms with Gasteiger partial charge >= 0.3 is 0 Å². The van der Waals surface area contributed by atoms with Gasteiger partial charge in [-0.25, -0.2) is 9.97 Å². The largest absolute Gasteiger partial charge is 0.450 e. The van der Waals surface area contributed by atoms with Gasteiger partial charge < -0.3 is 4.42 Å². The molecule has 0 unspecified atom stereocenters. The first-order chi connectivity index (χ1) is 7.27. The molecule has 74 valence electrons. The van der Waals surface area contributed by atoms with Crippen molar-refractivity contribution in [1.29, 1.82) is 0 Å². The van der Waals surface area contributed by atoms with E-state index >= 15 is 0 Å². The second kappa shape index (κ2) is 3.08. The molecule has 2 heterocycles. The van der Waals surface area contributed by atoms with Crippen LogP contribution in [0.2, 0.25) is 10.2 Å². The Bertz CT molecular complexity index is 607. The highest BCUT2D eigenvalue weighted by molar-refractivity contribution is 6.37. The van der Waals surface area contributed by atoms with E-state index in [1.165, 1.54) is 6.33 Å². The van der Waals surface area contributed by atoms with Crippen LogP contribution in [0.4, 0.5) is 0 Å². The summed E-state index contributed by atoms with van der Waals surface area (Å²) in [7, 11) is 0. The first-order valence-electron chi connectivity index (χ1n) is 4.24. The van der Waals surface area contributed by atoms with Crippen molar-refractivity contribution in [3.63, 3.8) is 0 Å². The van der Waals surface area contributed by atoms with Gasteiger partial charge in [-0.05, 0) is 12.1 Å². The molecule has 3 nitrogen and oxygen atoms in total. The molecule has 2 aromatic heterocycles. The molecule has 0 aliphatic carbocycles. The van der Waals surface area contributed by atoms with Crippen LogP contribution in [-0.4, -0.2) is 9.97 Å². The maximum atomic E-state index is 6.00. The van der Waals surface area contributed by atoms with Gasteiger partial charge in [-0.2, -0.15) is 0 Å². The molecule has 0 bridgehead atoms. The zero-order valence-corrected chi connectivity index (χ0v) is 8.88. The molecular formula is C10H4Cl2N2O. The monoisotopic (exact) mass is 238 g/mol. The van der Waals surface area contributed by atoms with Gasteiger partial charge in [0.05, 0.1) is 5.02 Å². The van der Waals surface area contributed by atoms with Gasteiger partial charge in [0.2, 0.25) is 0 Å². The molecule has 0 N–H and O–H groups in total. The van der Waals surface area contributed by atoms with Crippen molar-refractivity contribution in [2.45, 2.75) is 0 Å². The second-order valence-electron chi connectivity index (χ2n) is 3.06. The summed E-state index contributed by atoms with van der Waals surface area (Å²) in [5, 5.41) is 1.69. The number of hydrogen-bond donors (Lipinski definition) is 0. The molecule has 0 fully saturated rings. The van der Waals surface area contributed by atoms with E-state index in [0.29, 0.717) is 26.9 Å². The summed E-state index contributed by atoms with van der Waals surface area (Å²) in [5.41, 5.74) is 1.76. The molecule has 15 heavy (non-hydrogen) atoms. The molecule has 0 aliphatic rings. The Hall–Kier alpha value is -1.32. The first kappa shape index (κ1) is 8.95. The van der Waals surface area contributed by atoms with Gasteiger partial charge in [0.15, 0.2) is 16.3 Å². The summed E-state index contributed by atoms with van der Waals surface area (Å²) >= 11 is 11.9. The second-order valence-corrected chi connectivity index (χ2v) is 3.83. The van der Waals surface area contributed by atoms with Crippen LogP contribution < -0.4 is 0 Å². The lowest BCUT2D eigenvalue weighted by Gasteiger charge is -1.89. The first-order valence-corrected chi connectivity index (χ1v) is 5.00. The molecule has 0 saturated heterocycles. The van der Waals surface area contributed by atoms with Crippen LogP contribution in [0.5, 0.6) is 0 Å².